The third kappa shape index (κ3) is 1.99. The predicted octanol–water partition coefficient (Wildman–Crippen LogP) is 5.25. The Morgan fingerprint density at radius 3 is 2.53 bits per heavy atom. The third-order valence-corrected chi connectivity index (χ3v) is 3.54. The van der Waals surface area contributed by atoms with E-state index >= 15 is 0 Å². The van der Waals surface area contributed by atoms with Crippen LogP contribution in [0.25, 0.3) is 22.0 Å². The average molecular weight is 307 g/mol. The topological polar surface area (TPSA) is 15.8 Å². The molecule has 0 aliphatic carbocycles. The minimum absolute atomic E-state index is 0.759. The lowest BCUT2D eigenvalue weighted by Gasteiger charge is -2.00. The van der Waals surface area contributed by atoms with Crippen LogP contribution in [0.3, 0.4) is 0 Å². The summed E-state index contributed by atoms with van der Waals surface area (Å²) in [7, 11) is 0. The van der Waals surface area contributed by atoms with Gasteiger partial charge in [0.25, 0.3) is 0 Å². The zero-order chi connectivity index (χ0) is 11.8. The first-order valence-electron chi connectivity index (χ1n) is 5.26. The highest BCUT2D eigenvalue weighted by Crippen LogP contribution is 2.31. The van der Waals surface area contributed by atoms with E-state index in [0.717, 1.165) is 15.0 Å². The molecule has 17 heavy (non-hydrogen) atoms. The summed E-state index contributed by atoms with van der Waals surface area (Å²) < 4.78 is 1.08. The van der Waals surface area contributed by atoms with Gasteiger partial charge in [-0.2, -0.15) is 0 Å². The smallest absolute Gasteiger partial charge is 0.0461 e. The van der Waals surface area contributed by atoms with Gasteiger partial charge in [0, 0.05) is 32.2 Å². The van der Waals surface area contributed by atoms with Crippen LogP contribution in [-0.4, -0.2) is 4.98 Å². The molecule has 1 aromatic heterocycles. The van der Waals surface area contributed by atoms with Crippen molar-refractivity contribution in [2.45, 2.75) is 0 Å². The Kier molecular flexibility index (Phi) is 2.69. The zero-order valence-electron chi connectivity index (χ0n) is 8.87. The number of rotatable bonds is 1. The highest BCUT2D eigenvalue weighted by Gasteiger charge is 2.06. The minimum Gasteiger partial charge on any atom is -0.361 e. The van der Waals surface area contributed by atoms with Crippen LogP contribution in [0.4, 0.5) is 0 Å². The lowest BCUT2D eigenvalue weighted by Crippen LogP contribution is -1.75. The van der Waals surface area contributed by atoms with Gasteiger partial charge in [-0.3, -0.25) is 0 Å². The normalized spacial score (nSPS) is 10.9. The molecule has 0 spiro atoms. The summed E-state index contributed by atoms with van der Waals surface area (Å²) >= 11 is 9.40. The summed E-state index contributed by atoms with van der Waals surface area (Å²) in [6.07, 6.45) is 2.03. The van der Waals surface area contributed by atoms with Crippen molar-refractivity contribution in [1.29, 1.82) is 0 Å². The Bertz CT molecular complexity index is 670. The third-order valence-electron chi connectivity index (χ3n) is 2.80. The van der Waals surface area contributed by atoms with Crippen LogP contribution in [-0.2, 0) is 0 Å². The monoisotopic (exact) mass is 305 g/mol. The van der Waals surface area contributed by atoms with Gasteiger partial charge in [0.15, 0.2) is 0 Å². The van der Waals surface area contributed by atoms with Crippen LogP contribution in [0, 0.1) is 0 Å². The van der Waals surface area contributed by atoms with Crippen molar-refractivity contribution >= 4 is 38.4 Å². The first-order chi connectivity index (χ1) is 8.24. The fourth-order valence-corrected chi connectivity index (χ4v) is 2.45. The Hall–Kier alpha value is -1.25. The summed E-state index contributed by atoms with van der Waals surface area (Å²) in [4.78, 5) is 3.27. The molecule has 84 valence electrons. The van der Waals surface area contributed by atoms with Crippen LogP contribution in [0.1, 0.15) is 0 Å². The van der Waals surface area contributed by atoms with Crippen LogP contribution < -0.4 is 0 Å². The molecule has 1 heterocycles. The largest absolute Gasteiger partial charge is 0.361 e. The number of benzene rings is 2. The Morgan fingerprint density at radius 1 is 1.00 bits per heavy atom. The second kappa shape index (κ2) is 4.21. The van der Waals surface area contributed by atoms with Gasteiger partial charge < -0.3 is 4.98 Å². The Balaban J connectivity index is 2.23. The van der Waals surface area contributed by atoms with Gasteiger partial charge in [0.1, 0.15) is 0 Å². The number of halogens is 2. The molecule has 1 nitrogen and oxygen atoms in total. The van der Waals surface area contributed by atoms with E-state index in [-0.39, 0.29) is 0 Å². The van der Waals surface area contributed by atoms with E-state index in [1.165, 1.54) is 16.5 Å². The van der Waals surface area contributed by atoms with E-state index in [4.69, 9.17) is 11.6 Å². The molecular formula is C14H9BrClN. The molecule has 0 amide bonds. The van der Waals surface area contributed by atoms with Crippen LogP contribution in [0.5, 0.6) is 0 Å². The van der Waals surface area contributed by atoms with Crippen molar-refractivity contribution in [3.8, 4) is 11.1 Å². The molecule has 2 aromatic carbocycles. The van der Waals surface area contributed by atoms with Crippen molar-refractivity contribution in [2.24, 2.45) is 0 Å². The Morgan fingerprint density at radius 2 is 1.76 bits per heavy atom. The summed E-state index contributed by atoms with van der Waals surface area (Å²) in [6.45, 7) is 0. The molecule has 0 aliphatic heterocycles. The fraction of sp³-hybridized carbons (Fsp3) is 0. The molecule has 0 saturated carbocycles. The van der Waals surface area contributed by atoms with Crippen LogP contribution >= 0.6 is 27.5 Å². The molecule has 0 bridgehead atoms. The van der Waals surface area contributed by atoms with Gasteiger partial charge in [0.2, 0.25) is 0 Å². The summed E-state index contributed by atoms with van der Waals surface area (Å²) in [6, 6.07) is 14.1. The zero-order valence-corrected chi connectivity index (χ0v) is 11.2. The van der Waals surface area contributed by atoms with Crippen molar-refractivity contribution in [2.75, 3.05) is 0 Å². The standard InChI is InChI=1S/C14H9BrClN/c15-10-3-6-14-12(7-10)13(8-17-14)9-1-4-11(16)5-2-9/h1-8,17H. The molecule has 3 heteroatoms. The van der Waals surface area contributed by atoms with E-state index in [9.17, 15) is 0 Å². The first-order valence-corrected chi connectivity index (χ1v) is 6.44. The SMILES string of the molecule is Clc1ccc(-c2c[nH]c3ccc(Br)cc23)cc1. The van der Waals surface area contributed by atoms with Crippen LogP contribution in [0.2, 0.25) is 5.02 Å². The molecule has 0 aliphatic rings. The van der Waals surface area contributed by atoms with E-state index in [2.05, 4.69) is 33.0 Å². The molecule has 0 radical (unpaired) electrons. The van der Waals surface area contributed by atoms with E-state index in [1.807, 2.05) is 36.5 Å². The number of H-pyrrole nitrogens is 1. The molecule has 0 atom stereocenters. The van der Waals surface area contributed by atoms with Crippen molar-refractivity contribution in [1.82, 2.24) is 4.98 Å². The first kappa shape index (κ1) is 10.9. The number of hydrogen-bond acceptors (Lipinski definition) is 0. The Labute approximate surface area is 113 Å². The predicted molar refractivity (Wildman–Crippen MR) is 76.4 cm³/mol. The number of hydrogen-bond donors (Lipinski definition) is 1. The summed E-state index contributed by atoms with van der Waals surface area (Å²) in [5.74, 6) is 0. The van der Waals surface area contributed by atoms with Gasteiger partial charge in [-0.15, -0.1) is 0 Å². The minimum atomic E-state index is 0.759. The molecule has 1 N–H and O–H groups in total. The molecule has 0 unspecified atom stereocenters. The van der Waals surface area contributed by atoms with Crippen LogP contribution in [0.15, 0.2) is 53.1 Å². The molecule has 0 fully saturated rings. The summed E-state index contributed by atoms with van der Waals surface area (Å²) in [5.41, 5.74) is 3.50. The fourth-order valence-electron chi connectivity index (χ4n) is 1.96. The van der Waals surface area contributed by atoms with Crippen molar-refractivity contribution in [3.05, 3.63) is 58.2 Å². The molecule has 3 aromatic rings. The maximum Gasteiger partial charge on any atom is 0.0461 e. The second-order valence-corrected chi connectivity index (χ2v) is 5.25. The number of aromatic amines is 1. The van der Waals surface area contributed by atoms with Crippen molar-refractivity contribution in [3.63, 3.8) is 0 Å². The number of nitrogens with one attached hydrogen (secondary N) is 1. The maximum absolute atomic E-state index is 5.90. The van der Waals surface area contributed by atoms with Gasteiger partial charge in [-0.1, -0.05) is 39.7 Å². The van der Waals surface area contributed by atoms with E-state index in [1.54, 1.807) is 0 Å². The number of aromatic nitrogens is 1. The second-order valence-electron chi connectivity index (χ2n) is 3.90. The molecule has 0 saturated heterocycles. The van der Waals surface area contributed by atoms with Gasteiger partial charge in [-0.25, -0.2) is 0 Å². The highest BCUT2D eigenvalue weighted by molar-refractivity contribution is 9.10. The van der Waals surface area contributed by atoms with Gasteiger partial charge in [0.05, 0.1) is 0 Å². The maximum atomic E-state index is 5.90. The molecule has 3 rings (SSSR count). The van der Waals surface area contributed by atoms with Gasteiger partial charge >= 0.3 is 0 Å². The average Bonchev–Trinajstić information content (AvgIpc) is 2.73. The lowest BCUT2D eigenvalue weighted by molar-refractivity contribution is 1.47. The number of fused-ring (bicyclic) bond motifs is 1. The van der Waals surface area contributed by atoms with E-state index < -0.39 is 0 Å². The quantitative estimate of drug-likeness (QED) is 0.632. The molecular weight excluding hydrogens is 298 g/mol. The summed E-state index contributed by atoms with van der Waals surface area (Å²) in [5, 5.41) is 1.97. The lowest BCUT2D eigenvalue weighted by atomic mass is 10.1. The van der Waals surface area contributed by atoms with E-state index in [0.29, 0.717) is 0 Å². The highest BCUT2D eigenvalue weighted by atomic mass is 79.9. The van der Waals surface area contributed by atoms with Crippen molar-refractivity contribution < 1.29 is 0 Å². The van der Waals surface area contributed by atoms with Gasteiger partial charge in [-0.05, 0) is 35.9 Å².